The molecule has 2 saturated carbocycles. The van der Waals surface area contributed by atoms with E-state index in [4.69, 9.17) is 0 Å². The summed E-state index contributed by atoms with van der Waals surface area (Å²) in [6, 6.07) is 3.34. The van der Waals surface area contributed by atoms with Crippen molar-refractivity contribution in [1.29, 1.82) is 0 Å². The van der Waals surface area contributed by atoms with Crippen LogP contribution in [0.25, 0.3) is 0 Å². The van der Waals surface area contributed by atoms with Gasteiger partial charge in [-0.05, 0) is 73.0 Å². The largest absolute Gasteiger partial charge is 0.269 e. The molecule has 2 aliphatic rings. The third-order valence-corrected chi connectivity index (χ3v) is 6.84. The van der Waals surface area contributed by atoms with Crippen LogP contribution in [-0.2, 0) is 0 Å². The Bertz CT molecular complexity index is 674. The fourth-order valence-corrected chi connectivity index (χ4v) is 4.92. The highest BCUT2D eigenvalue weighted by Gasteiger charge is 2.33. The Kier molecular flexibility index (Phi) is 7.59. The van der Waals surface area contributed by atoms with Gasteiger partial charge in [-0.3, -0.25) is 0 Å². The third-order valence-electron chi connectivity index (χ3n) is 6.84. The lowest BCUT2D eigenvalue weighted by molar-refractivity contribution is 0.296. The maximum atomic E-state index is 14.7. The fraction of sp³-hybridized carbons (Fsp3) is 0.667. The van der Waals surface area contributed by atoms with Crippen molar-refractivity contribution in [3.8, 4) is 0 Å². The van der Waals surface area contributed by atoms with Gasteiger partial charge in [0.1, 0.15) is 0 Å². The normalized spacial score (nSPS) is 24.9. The van der Waals surface area contributed by atoms with E-state index in [1.54, 1.807) is 12.1 Å². The first-order valence-electron chi connectivity index (χ1n) is 11.0. The van der Waals surface area contributed by atoms with E-state index in [1.807, 2.05) is 0 Å². The number of halogens is 4. The summed E-state index contributed by atoms with van der Waals surface area (Å²) in [6.45, 7) is 2.22. The molecule has 0 spiro atoms. The summed E-state index contributed by atoms with van der Waals surface area (Å²) in [5, 5.41) is 0. The van der Waals surface area contributed by atoms with Gasteiger partial charge in [0.25, 0.3) is 6.08 Å². The van der Waals surface area contributed by atoms with Crippen molar-refractivity contribution in [2.24, 2.45) is 5.92 Å². The van der Waals surface area contributed by atoms with Gasteiger partial charge in [0.2, 0.25) is 0 Å². The smallest absolute Gasteiger partial charge is 0.203 e. The molecule has 28 heavy (non-hydrogen) atoms. The van der Waals surface area contributed by atoms with E-state index in [0.717, 1.165) is 31.6 Å². The zero-order valence-electron chi connectivity index (χ0n) is 16.9. The minimum atomic E-state index is -1.67. The van der Waals surface area contributed by atoms with Crippen LogP contribution < -0.4 is 0 Å². The molecule has 0 aromatic heterocycles. The molecule has 0 N–H and O–H groups in total. The lowest BCUT2D eigenvalue weighted by Gasteiger charge is -2.31. The van der Waals surface area contributed by atoms with E-state index >= 15 is 0 Å². The van der Waals surface area contributed by atoms with E-state index in [2.05, 4.69) is 6.92 Å². The highest BCUT2D eigenvalue weighted by atomic mass is 19.3. The molecule has 0 heterocycles. The van der Waals surface area contributed by atoms with Crippen LogP contribution in [0.3, 0.4) is 0 Å². The third kappa shape index (κ3) is 4.99. The van der Waals surface area contributed by atoms with Crippen LogP contribution in [0.15, 0.2) is 23.8 Å². The van der Waals surface area contributed by atoms with Gasteiger partial charge in [0.15, 0.2) is 11.6 Å². The molecule has 0 unspecified atom stereocenters. The average molecular weight is 397 g/mol. The van der Waals surface area contributed by atoms with Crippen molar-refractivity contribution in [2.45, 2.75) is 95.8 Å². The molecule has 4 heteroatoms. The topological polar surface area (TPSA) is 0 Å². The van der Waals surface area contributed by atoms with Crippen LogP contribution in [0.5, 0.6) is 0 Å². The average Bonchev–Trinajstić information content (AvgIpc) is 2.64. The molecule has 2 fully saturated rings. The van der Waals surface area contributed by atoms with Crippen molar-refractivity contribution in [2.75, 3.05) is 0 Å². The minimum Gasteiger partial charge on any atom is -0.203 e. The van der Waals surface area contributed by atoms with Gasteiger partial charge in [0, 0.05) is 0 Å². The standard InChI is InChI=1S/C24H32F4/c1-2-3-4-5-6-7-16-8-10-17(11-9-16)20-12-13-21(23(26)22(20)25)18-14-19(15-18)24(27)28/h12-13,16-18H,2-11,14-15H2,1H3/t16-,17-. The van der Waals surface area contributed by atoms with Gasteiger partial charge in [-0.15, -0.1) is 0 Å². The molecule has 0 nitrogen and oxygen atoms in total. The first-order valence-corrected chi connectivity index (χ1v) is 11.0. The number of hydrogen-bond donors (Lipinski definition) is 0. The van der Waals surface area contributed by atoms with Crippen LogP contribution in [0.2, 0.25) is 0 Å². The quantitative estimate of drug-likeness (QED) is 0.305. The van der Waals surface area contributed by atoms with E-state index < -0.39 is 17.7 Å². The zero-order chi connectivity index (χ0) is 20.1. The van der Waals surface area contributed by atoms with Crippen molar-refractivity contribution < 1.29 is 17.6 Å². The predicted molar refractivity (Wildman–Crippen MR) is 106 cm³/mol. The first-order chi connectivity index (χ1) is 13.5. The zero-order valence-corrected chi connectivity index (χ0v) is 16.9. The molecular weight excluding hydrogens is 364 g/mol. The minimum absolute atomic E-state index is 0.0712. The monoisotopic (exact) mass is 396 g/mol. The highest BCUT2D eigenvalue weighted by molar-refractivity contribution is 5.36. The van der Waals surface area contributed by atoms with Gasteiger partial charge >= 0.3 is 0 Å². The molecule has 0 amide bonds. The Balaban J connectivity index is 1.53. The lowest BCUT2D eigenvalue weighted by Crippen LogP contribution is -2.18. The van der Waals surface area contributed by atoms with Crippen LogP contribution >= 0.6 is 0 Å². The molecular formula is C24H32F4. The first kappa shape index (κ1) is 21.4. The molecule has 0 radical (unpaired) electrons. The van der Waals surface area contributed by atoms with Gasteiger partial charge < -0.3 is 0 Å². The SMILES string of the molecule is CCCCCCC[C@H]1CC[C@H](c2ccc(C3CC(=C(F)F)C3)c(F)c2F)CC1. The summed E-state index contributed by atoms with van der Waals surface area (Å²) in [5.41, 5.74) is 0.809. The molecule has 2 aliphatic carbocycles. The molecule has 0 saturated heterocycles. The molecule has 0 bridgehead atoms. The van der Waals surface area contributed by atoms with Crippen LogP contribution in [0.1, 0.15) is 107 Å². The van der Waals surface area contributed by atoms with E-state index in [-0.39, 0.29) is 35.8 Å². The Morgan fingerprint density at radius 3 is 1.96 bits per heavy atom. The van der Waals surface area contributed by atoms with E-state index in [1.165, 1.54) is 38.5 Å². The van der Waals surface area contributed by atoms with Crippen molar-refractivity contribution in [3.63, 3.8) is 0 Å². The summed E-state index contributed by atoms with van der Waals surface area (Å²) in [4.78, 5) is 0. The maximum Gasteiger partial charge on any atom is 0.269 e. The summed E-state index contributed by atoms with van der Waals surface area (Å²) in [5.74, 6) is -1.08. The molecule has 1 aromatic carbocycles. The molecule has 3 rings (SSSR count). The number of rotatable bonds is 8. The lowest BCUT2D eigenvalue weighted by atomic mass is 9.74. The second-order valence-electron chi connectivity index (χ2n) is 8.76. The summed E-state index contributed by atoms with van der Waals surface area (Å²) in [6.07, 6.45) is 10.4. The van der Waals surface area contributed by atoms with Crippen LogP contribution in [0, 0.1) is 17.6 Å². The fourth-order valence-electron chi connectivity index (χ4n) is 4.92. The Labute approximate surface area is 166 Å². The highest BCUT2D eigenvalue weighted by Crippen LogP contribution is 2.46. The van der Waals surface area contributed by atoms with Crippen molar-refractivity contribution in [1.82, 2.24) is 0 Å². The molecule has 0 aliphatic heterocycles. The van der Waals surface area contributed by atoms with E-state index in [0.29, 0.717) is 5.56 Å². The van der Waals surface area contributed by atoms with Gasteiger partial charge in [-0.2, -0.15) is 8.78 Å². The maximum absolute atomic E-state index is 14.7. The van der Waals surface area contributed by atoms with Gasteiger partial charge in [-0.1, -0.05) is 57.6 Å². The van der Waals surface area contributed by atoms with Crippen molar-refractivity contribution in [3.05, 3.63) is 46.5 Å². The number of allylic oxidation sites excluding steroid dienone is 1. The summed E-state index contributed by atoms with van der Waals surface area (Å²) < 4.78 is 54.4. The van der Waals surface area contributed by atoms with Crippen LogP contribution in [0.4, 0.5) is 17.6 Å². The summed E-state index contributed by atoms with van der Waals surface area (Å²) >= 11 is 0. The second-order valence-corrected chi connectivity index (χ2v) is 8.76. The molecule has 0 atom stereocenters. The molecule has 156 valence electrons. The number of benzene rings is 1. The number of hydrogen-bond acceptors (Lipinski definition) is 0. The Morgan fingerprint density at radius 1 is 0.821 bits per heavy atom. The van der Waals surface area contributed by atoms with Crippen LogP contribution in [-0.4, -0.2) is 0 Å². The van der Waals surface area contributed by atoms with Gasteiger partial charge in [0.05, 0.1) is 0 Å². The van der Waals surface area contributed by atoms with Gasteiger partial charge in [-0.25, -0.2) is 8.78 Å². The Hall–Kier alpha value is -1.32. The number of unbranched alkanes of at least 4 members (excludes halogenated alkanes) is 4. The summed E-state index contributed by atoms with van der Waals surface area (Å²) in [7, 11) is 0. The Morgan fingerprint density at radius 2 is 1.39 bits per heavy atom. The predicted octanol–water partition coefficient (Wildman–Crippen LogP) is 8.63. The second kappa shape index (κ2) is 9.93. The molecule has 1 aromatic rings. The van der Waals surface area contributed by atoms with Crippen molar-refractivity contribution >= 4 is 0 Å². The van der Waals surface area contributed by atoms with E-state index in [9.17, 15) is 17.6 Å².